The first-order chi connectivity index (χ1) is 14.3. The van der Waals surface area contributed by atoms with Gasteiger partial charge in [0.2, 0.25) is 5.91 Å². The van der Waals surface area contributed by atoms with Crippen LogP contribution in [0.1, 0.15) is 31.8 Å². The molecule has 152 valence electrons. The van der Waals surface area contributed by atoms with E-state index >= 15 is 0 Å². The van der Waals surface area contributed by atoms with Crippen molar-refractivity contribution in [2.75, 3.05) is 18.9 Å². The molecule has 6 heteroatoms. The molecule has 0 aliphatic rings. The second-order valence-corrected chi connectivity index (χ2v) is 6.96. The molecule has 0 aliphatic carbocycles. The van der Waals surface area contributed by atoms with Crippen molar-refractivity contribution in [2.45, 2.75) is 6.92 Å². The van der Waals surface area contributed by atoms with E-state index in [-0.39, 0.29) is 23.5 Å². The predicted octanol–water partition coefficient (Wildman–Crippen LogP) is 4.08. The number of ketones is 1. The van der Waals surface area contributed by atoms with Gasteiger partial charge in [-0.05, 0) is 31.2 Å². The summed E-state index contributed by atoms with van der Waals surface area (Å²) in [4.78, 5) is 39.3. The highest BCUT2D eigenvalue weighted by molar-refractivity contribution is 6.15. The van der Waals surface area contributed by atoms with Crippen LogP contribution in [0.15, 0.2) is 72.8 Å². The molecule has 2 amide bonds. The number of carbonyl (C=O) groups is 3. The molecule has 0 unspecified atom stereocenters. The van der Waals surface area contributed by atoms with Gasteiger partial charge in [0, 0.05) is 23.9 Å². The van der Waals surface area contributed by atoms with Crippen LogP contribution in [0.5, 0.6) is 0 Å². The zero-order valence-electron chi connectivity index (χ0n) is 16.7. The van der Waals surface area contributed by atoms with E-state index < -0.39 is 17.6 Å². The molecule has 1 N–H and O–H groups in total. The molecule has 3 aromatic rings. The lowest BCUT2D eigenvalue weighted by Gasteiger charge is -2.18. The van der Waals surface area contributed by atoms with Gasteiger partial charge in [0.05, 0.1) is 12.1 Å². The van der Waals surface area contributed by atoms with Crippen LogP contribution in [0, 0.1) is 12.7 Å². The first kappa shape index (κ1) is 20.9. The average molecular weight is 404 g/mol. The summed E-state index contributed by atoms with van der Waals surface area (Å²) < 4.78 is 13.3. The van der Waals surface area contributed by atoms with Crippen molar-refractivity contribution >= 4 is 23.3 Å². The van der Waals surface area contributed by atoms with Gasteiger partial charge in [-0.25, -0.2) is 4.39 Å². The Morgan fingerprint density at radius 3 is 2.23 bits per heavy atom. The van der Waals surface area contributed by atoms with Crippen LogP contribution in [-0.2, 0) is 4.79 Å². The van der Waals surface area contributed by atoms with Crippen LogP contribution in [-0.4, -0.2) is 36.1 Å². The molecule has 0 saturated carbocycles. The van der Waals surface area contributed by atoms with Crippen LogP contribution >= 0.6 is 0 Å². The normalized spacial score (nSPS) is 10.4. The van der Waals surface area contributed by atoms with Crippen LogP contribution in [0.3, 0.4) is 0 Å². The van der Waals surface area contributed by atoms with Crippen molar-refractivity contribution in [1.29, 1.82) is 0 Å². The number of hydrogen-bond donors (Lipinski definition) is 1. The molecule has 30 heavy (non-hydrogen) atoms. The smallest absolute Gasteiger partial charge is 0.254 e. The Morgan fingerprint density at radius 1 is 0.900 bits per heavy atom. The van der Waals surface area contributed by atoms with Crippen LogP contribution in [0.2, 0.25) is 0 Å². The minimum absolute atomic E-state index is 0.212. The van der Waals surface area contributed by atoms with E-state index in [1.54, 1.807) is 42.5 Å². The van der Waals surface area contributed by atoms with E-state index in [0.29, 0.717) is 11.3 Å². The predicted molar refractivity (Wildman–Crippen MR) is 113 cm³/mol. The van der Waals surface area contributed by atoms with Gasteiger partial charge in [-0.3, -0.25) is 14.4 Å². The number of rotatable bonds is 6. The van der Waals surface area contributed by atoms with Crippen molar-refractivity contribution in [3.8, 4) is 0 Å². The third kappa shape index (κ3) is 4.97. The summed E-state index contributed by atoms with van der Waals surface area (Å²) in [7, 11) is 1.47. The largest absolute Gasteiger partial charge is 0.332 e. The third-order valence-corrected chi connectivity index (χ3v) is 4.55. The fraction of sp³-hybridized carbons (Fsp3) is 0.125. The van der Waals surface area contributed by atoms with Crippen molar-refractivity contribution in [1.82, 2.24) is 4.90 Å². The number of anilines is 1. The molecule has 0 radical (unpaired) electrons. The van der Waals surface area contributed by atoms with Gasteiger partial charge in [0.15, 0.2) is 5.78 Å². The maximum Gasteiger partial charge on any atom is 0.254 e. The van der Waals surface area contributed by atoms with Gasteiger partial charge in [-0.1, -0.05) is 54.1 Å². The molecule has 0 heterocycles. The van der Waals surface area contributed by atoms with Crippen molar-refractivity contribution < 1.29 is 18.8 Å². The van der Waals surface area contributed by atoms with E-state index in [4.69, 9.17) is 0 Å². The molecule has 3 aromatic carbocycles. The Bertz CT molecular complexity index is 1090. The van der Waals surface area contributed by atoms with Crippen molar-refractivity contribution in [3.63, 3.8) is 0 Å². The molecular formula is C24H21FN2O3. The number of amides is 2. The monoisotopic (exact) mass is 404 g/mol. The second-order valence-electron chi connectivity index (χ2n) is 6.96. The topological polar surface area (TPSA) is 66.5 Å². The van der Waals surface area contributed by atoms with Gasteiger partial charge in [0.1, 0.15) is 5.82 Å². The fourth-order valence-corrected chi connectivity index (χ4v) is 2.99. The lowest BCUT2D eigenvalue weighted by molar-refractivity contribution is -0.116. The van der Waals surface area contributed by atoms with Crippen molar-refractivity contribution in [3.05, 3.63) is 101 Å². The molecule has 0 aromatic heterocycles. The fourth-order valence-electron chi connectivity index (χ4n) is 2.99. The number of halogens is 1. The SMILES string of the molecule is Cc1ccc(C(=O)c2ccccc2C(=O)N(C)CC(=O)Nc2cccc(F)c2)cc1. The Balaban J connectivity index is 1.75. The van der Waals surface area contributed by atoms with Gasteiger partial charge in [-0.2, -0.15) is 0 Å². The first-order valence-electron chi connectivity index (χ1n) is 9.36. The lowest BCUT2D eigenvalue weighted by Crippen LogP contribution is -2.35. The maximum absolute atomic E-state index is 13.3. The maximum atomic E-state index is 13.3. The number of nitrogens with zero attached hydrogens (tertiary/aromatic N) is 1. The second kappa shape index (κ2) is 9.13. The molecule has 5 nitrogen and oxygen atoms in total. The quantitative estimate of drug-likeness (QED) is 0.630. The zero-order valence-corrected chi connectivity index (χ0v) is 16.7. The van der Waals surface area contributed by atoms with Gasteiger partial charge in [-0.15, -0.1) is 0 Å². The summed E-state index contributed by atoms with van der Waals surface area (Å²) >= 11 is 0. The molecule has 0 fully saturated rings. The van der Waals surface area contributed by atoms with E-state index in [1.165, 1.54) is 30.1 Å². The minimum Gasteiger partial charge on any atom is -0.332 e. The Labute approximate surface area is 174 Å². The van der Waals surface area contributed by atoms with Gasteiger partial charge >= 0.3 is 0 Å². The molecule has 0 atom stereocenters. The number of carbonyl (C=O) groups excluding carboxylic acids is 3. The molecule has 0 spiro atoms. The van der Waals surface area contributed by atoms with E-state index in [1.807, 2.05) is 19.1 Å². The summed E-state index contributed by atoms with van der Waals surface area (Å²) in [6.45, 7) is 1.68. The molecule has 0 saturated heterocycles. The number of likely N-dealkylation sites (N-methyl/N-ethyl adjacent to an activating group) is 1. The number of benzene rings is 3. The van der Waals surface area contributed by atoms with E-state index in [0.717, 1.165) is 5.56 Å². The molecule has 0 bridgehead atoms. The van der Waals surface area contributed by atoms with Crippen LogP contribution < -0.4 is 5.32 Å². The van der Waals surface area contributed by atoms with E-state index in [9.17, 15) is 18.8 Å². The van der Waals surface area contributed by atoms with Crippen molar-refractivity contribution in [2.24, 2.45) is 0 Å². The average Bonchev–Trinajstić information content (AvgIpc) is 2.73. The van der Waals surface area contributed by atoms with Crippen LogP contribution in [0.4, 0.5) is 10.1 Å². The van der Waals surface area contributed by atoms with Gasteiger partial charge in [0.25, 0.3) is 5.91 Å². The zero-order chi connectivity index (χ0) is 21.7. The third-order valence-electron chi connectivity index (χ3n) is 4.55. The summed E-state index contributed by atoms with van der Waals surface area (Å²) in [6, 6.07) is 19.1. The lowest BCUT2D eigenvalue weighted by atomic mass is 9.97. The van der Waals surface area contributed by atoms with Gasteiger partial charge < -0.3 is 10.2 Å². The molecular weight excluding hydrogens is 383 g/mol. The molecule has 0 aliphatic heterocycles. The Hall–Kier alpha value is -3.80. The Kier molecular flexibility index (Phi) is 6.37. The highest BCUT2D eigenvalue weighted by Gasteiger charge is 2.22. The number of nitrogens with one attached hydrogen (secondary N) is 1. The Morgan fingerprint density at radius 2 is 1.57 bits per heavy atom. The van der Waals surface area contributed by atoms with Crippen LogP contribution in [0.25, 0.3) is 0 Å². The summed E-state index contributed by atoms with van der Waals surface area (Å²) in [5.41, 5.74) is 2.29. The highest BCUT2D eigenvalue weighted by atomic mass is 19.1. The standard InChI is InChI=1S/C24H21FN2O3/c1-16-10-12-17(13-11-16)23(29)20-8-3-4-9-21(20)24(30)27(2)15-22(28)26-19-7-5-6-18(25)14-19/h3-14H,15H2,1-2H3,(H,26,28). The number of hydrogen-bond acceptors (Lipinski definition) is 3. The highest BCUT2D eigenvalue weighted by Crippen LogP contribution is 2.17. The molecule has 3 rings (SSSR count). The van der Waals surface area contributed by atoms with E-state index in [2.05, 4.69) is 5.32 Å². The first-order valence-corrected chi connectivity index (χ1v) is 9.36. The number of aryl methyl sites for hydroxylation is 1. The summed E-state index contributed by atoms with van der Waals surface area (Å²) in [5.74, 6) is -1.67. The minimum atomic E-state index is -0.473. The summed E-state index contributed by atoms with van der Waals surface area (Å²) in [5, 5.41) is 2.55. The summed E-state index contributed by atoms with van der Waals surface area (Å²) in [6.07, 6.45) is 0.